The highest BCUT2D eigenvalue weighted by molar-refractivity contribution is 6.31. The highest BCUT2D eigenvalue weighted by atomic mass is 35.5. The topological polar surface area (TPSA) is 256 Å². The number of carboxylic acids is 1. The third-order valence-electron chi connectivity index (χ3n) is 12.4. The predicted octanol–water partition coefficient (Wildman–Crippen LogP) is 9.26. The van der Waals surface area contributed by atoms with Crippen LogP contribution in [0.2, 0.25) is 10.0 Å². The van der Waals surface area contributed by atoms with Crippen molar-refractivity contribution in [2.75, 3.05) is 17.2 Å². The summed E-state index contributed by atoms with van der Waals surface area (Å²) < 4.78 is 72.2. The van der Waals surface area contributed by atoms with Crippen molar-refractivity contribution >= 4 is 52.5 Å². The summed E-state index contributed by atoms with van der Waals surface area (Å²) in [5, 5.41) is 50.5. The molecule has 3 aliphatic rings. The van der Waals surface area contributed by atoms with E-state index in [1.807, 2.05) is 54.6 Å². The number of tetrazole rings is 2. The Bertz CT molecular complexity index is 2970. The predicted molar refractivity (Wildman–Crippen MR) is 257 cm³/mol. The van der Waals surface area contributed by atoms with E-state index in [2.05, 4.69) is 67.1 Å². The second-order valence-corrected chi connectivity index (χ2v) is 18.1. The second kappa shape index (κ2) is 23.3. The molecule has 73 heavy (non-hydrogen) atoms. The Labute approximate surface area is 422 Å². The lowest BCUT2D eigenvalue weighted by Gasteiger charge is -2.37. The lowest BCUT2D eigenvalue weighted by Crippen LogP contribution is -2.38. The van der Waals surface area contributed by atoms with Crippen molar-refractivity contribution < 1.29 is 41.3 Å². The summed E-state index contributed by atoms with van der Waals surface area (Å²) in [4.78, 5) is 22.8. The molecule has 0 spiro atoms. The average Bonchev–Trinajstić information content (AvgIpc) is 4.25. The summed E-state index contributed by atoms with van der Waals surface area (Å²) in [6.07, 6.45) is 7.47. The van der Waals surface area contributed by atoms with Crippen LogP contribution in [0.25, 0.3) is 0 Å². The van der Waals surface area contributed by atoms with Crippen molar-refractivity contribution in [1.29, 1.82) is 0 Å². The maximum absolute atomic E-state index is 14.3. The molecule has 0 atom stereocenters. The molecule has 10 rings (SSSR count). The Morgan fingerprint density at radius 3 is 1.60 bits per heavy atom. The molecule has 0 bridgehead atoms. The molecule has 0 unspecified atom stereocenters. The van der Waals surface area contributed by atoms with Crippen LogP contribution in [0.3, 0.4) is 0 Å². The molecule has 19 nitrogen and oxygen atoms in total. The van der Waals surface area contributed by atoms with Gasteiger partial charge in [-0.05, 0) is 106 Å². The molecule has 6 N–H and O–H groups in total. The molecular weight excluding hydrogens is 1000 g/mol. The molecule has 7 aromatic rings. The fourth-order valence-electron chi connectivity index (χ4n) is 8.80. The number of benzene rings is 2. The number of carboxylic acid groups (broad SMARTS) is 1. The number of pyridine rings is 2. The minimum atomic E-state index is -5.08. The largest absolute Gasteiger partial charge is 0.490 e. The fourth-order valence-corrected chi connectivity index (χ4v) is 9.13. The van der Waals surface area contributed by atoms with Gasteiger partial charge in [0.15, 0.2) is 34.8 Å². The number of carbonyl (C=O) groups is 1. The van der Waals surface area contributed by atoms with Crippen LogP contribution in [-0.2, 0) is 28.5 Å². The van der Waals surface area contributed by atoms with Gasteiger partial charge in [-0.2, -0.15) is 28.7 Å². The number of rotatable bonds is 13. The second-order valence-electron chi connectivity index (χ2n) is 17.3. The summed E-state index contributed by atoms with van der Waals surface area (Å²) in [6, 6.07) is 23.2. The van der Waals surface area contributed by atoms with Gasteiger partial charge < -0.3 is 25.2 Å². The van der Waals surface area contributed by atoms with Crippen molar-refractivity contribution in [3.8, 4) is 11.5 Å². The van der Waals surface area contributed by atoms with Gasteiger partial charge in [0.05, 0.1) is 35.0 Å². The smallest absolute Gasteiger partial charge is 0.487 e. The number of hydrogen-bond acceptors (Lipinski definition) is 15. The number of anilines is 3. The maximum Gasteiger partial charge on any atom is 0.490 e. The van der Waals surface area contributed by atoms with E-state index in [0.29, 0.717) is 49.7 Å². The molecule has 26 heteroatoms. The molecule has 5 aromatic heterocycles. The fraction of sp³-hybridized carbons (Fsp3) is 0.340. The van der Waals surface area contributed by atoms with Gasteiger partial charge in [-0.15, -0.1) is 20.4 Å². The highest BCUT2D eigenvalue weighted by Crippen LogP contribution is 2.43. The third kappa shape index (κ3) is 13.5. The van der Waals surface area contributed by atoms with Gasteiger partial charge in [-0.1, -0.05) is 64.0 Å². The quantitative estimate of drug-likeness (QED) is 0.0588. The van der Waals surface area contributed by atoms with E-state index in [1.54, 1.807) is 30.5 Å². The summed E-state index contributed by atoms with van der Waals surface area (Å²) in [5.74, 6) is 0.904. The number of hydrogen-bond donors (Lipinski definition) is 6. The van der Waals surface area contributed by atoms with Crippen molar-refractivity contribution in [1.82, 2.24) is 61.4 Å². The molecule has 2 fully saturated rings. The van der Waals surface area contributed by atoms with E-state index in [1.165, 1.54) is 12.1 Å². The Morgan fingerprint density at radius 2 is 1.19 bits per heavy atom. The van der Waals surface area contributed by atoms with Gasteiger partial charge in [0.2, 0.25) is 0 Å². The number of H-pyrrole nitrogens is 3. The molecule has 2 aliphatic carbocycles. The molecule has 6 heterocycles. The van der Waals surface area contributed by atoms with Crippen molar-refractivity contribution in [3.63, 3.8) is 0 Å². The average molecular weight is 1050 g/mol. The van der Waals surface area contributed by atoms with Gasteiger partial charge in [-0.3, -0.25) is 10.1 Å². The first-order valence-electron chi connectivity index (χ1n) is 22.8. The zero-order valence-corrected chi connectivity index (χ0v) is 40.0. The van der Waals surface area contributed by atoms with Crippen LogP contribution in [0.15, 0.2) is 102 Å². The number of nitrogens with zero attached hydrogens (tertiary/aromatic N) is 10. The zero-order chi connectivity index (χ0) is 51.4. The van der Waals surface area contributed by atoms with Crippen molar-refractivity contribution in [2.24, 2.45) is 4.99 Å². The summed E-state index contributed by atoms with van der Waals surface area (Å²) in [6.45, 7) is 0.686. The van der Waals surface area contributed by atoms with Crippen LogP contribution in [0, 0.1) is 11.6 Å². The molecule has 382 valence electrons. The van der Waals surface area contributed by atoms with E-state index in [9.17, 15) is 22.0 Å². The minimum Gasteiger partial charge on any atom is -0.487 e. The first-order chi connectivity index (χ1) is 35.2. The molecular formula is C47H46Cl2F5N15O4. The number of ether oxygens (including phenoxy) is 2. The monoisotopic (exact) mass is 1050 g/mol. The van der Waals surface area contributed by atoms with Crippen LogP contribution >= 0.6 is 23.2 Å². The first kappa shape index (κ1) is 51.7. The number of nitrogens with one attached hydrogen (secondary N) is 5. The number of halogens is 7. The zero-order valence-electron chi connectivity index (χ0n) is 38.5. The number of amidine groups is 1. The Morgan fingerprint density at radius 1 is 0.712 bits per heavy atom. The van der Waals surface area contributed by atoms with Gasteiger partial charge >= 0.3 is 12.1 Å². The Balaban J connectivity index is 0.000000173. The number of aromatic nitrogens is 12. The number of aliphatic imine (C=N–C) groups is 1. The lowest BCUT2D eigenvalue weighted by atomic mass is 9.69. The standard InChI is InChI=1S/C23H23ClFN7O.C22H22ClFN8O.C2HF3O2/c24-17-5-2-6-18(21(17)25)33-16-9-11-23(12-10-16,22-29-31-32-30-22)14-15-4-1-7-20(27-15)28-19-8-3-13-26-19;23-16-4-2-5-17(20(16)24)33-15-7-10-22(11-8-15,21-29-31-32-30-21)13-14-3-1-6-18(26-14)27-19-9-12-25-28-19;3-2(4,5)1(6)7/h1-8,16H,9-14H2,(H,26,27,28)(H,29,30,31,32);1-6,9,12,15H,7-8,10-11,13H2,(H2,25,26,27,28)(H,29,30,31,32);(H,6,7). The van der Waals surface area contributed by atoms with Crippen LogP contribution in [-0.4, -0.2) is 103 Å². The normalized spacial score (nSPS) is 20.4. The van der Waals surface area contributed by atoms with Gasteiger partial charge in [0.25, 0.3) is 0 Å². The molecule has 0 radical (unpaired) electrons. The van der Waals surface area contributed by atoms with E-state index in [4.69, 9.17) is 52.5 Å². The first-order valence-corrected chi connectivity index (χ1v) is 23.6. The number of aromatic amines is 3. The summed E-state index contributed by atoms with van der Waals surface area (Å²) in [7, 11) is 0. The van der Waals surface area contributed by atoms with E-state index >= 15 is 0 Å². The number of alkyl halides is 3. The molecule has 2 saturated carbocycles. The molecule has 2 aromatic carbocycles. The lowest BCUT2D eigenvalue weighted by molar-refractivity contribution is -0.192. The Kier molecular flexibility index (Phi) is 16.5. The van der Waals surface area contributed by atoms with E-state index < -0.39 is 23.8 Å². The molecule has 1 aliphatic heterocycles. The van der Waals surface area contributed by atoms with Crippen LogP contribution in [0.4, 0.5) is 39.4 Å². The minimum absolute atomic E-state index is 0.0548. The van der Waals surface area contributed by atoms with E-state index in [0.717, 1.165) is 67.4 Å². The van der Waals surface area contributed by atoms with Gasteiger partial charge in [0, 0.05) is 41.1 Å². The highest BCUT2D eigenvalue weighted by Gasteiger charge is 2.43. The van der Waals surface area contributed by atoms with E-state index in [-0.39, 0.29) is 44.6 Å². The number of aliphatic carboxylic acids is 1. The van der Waals surface area contributed by atoms with Gasteiger partial charge in [0.1, 0.15) is 23.3 Å². The maximum atomic E-state index is 14.3. The van der Waals surface area contributed by atoms with Crippen molar-refractivity contribution in [2.45, 2.75) is 93.4 Å². The van der Waals surface area contributed by atoms with Crippen molar-refractivity contribution in [3.05, 3.63) is 142 Å². The summed E-state index contributed by atoms with van der Waals surface area (Å²) >= 11 is 11.8. The molecule has 0 amide bonds. The van der Waals surface area contributed by atoms with Crippen LogP contribution in [0.1, 0.15) is 74.4 Å². The third-order valence-corrected chi connectivity index (χ3v) is 13.0. The molecule has 0 saturated heterocycles. The SMILES string of the molecule is Fc1c(Cl)cccc1OC1CCC(Cc2cccc(NC3=NCC=C3)n2)(c2nn[nH]n2)CC1.Fc1c(Cl)cccc1OC1CCC(Cc2cccc(Nc3ccn[nH]3)n2)(c2nn[nH]n2)CC1.O=C(O)C(F)(F)F. The summed E-state index contributed by atoms with van der Waals surface area (Å²) in [5.41, 5.74) is 1.15. The van der Waals surface area contributed by atoms with Crippen LogP contribution in [0.5, 0.6) is 11.5 Å². The van der Waals surface area contributed by atoms with Gasteiger partial charge in [-0.25, -0.2) is 23.5 Å². The van der Waals surface area contributed by atoms with Crippen LogP contribution < -0.4 is 20.1 Å². The Hall–Kier alpha value is -7.60.